The maximum Gasteiger partial charge on any atom is 0.397 e. The number of carbonyl (C=O) groups is 2. The van der Waals surface area contributed by atoms with Gasteiger partial charge in [0.1, 0.15) is 6.42 Å². The average molecular weight is 267 g/mol. The molecule has 0 unspecified atom stereocenters. The predicted molar refractivity (Wildman–Crippen MR) is 56.6 cm³/mol. The van der Waals surface area contributed by atoms with Crippen LogP contribution in [0.4, 0.5) is 13.2 Å². The van der Waals surface area contributed by atoms with Crippen LogP contribution in [0.25, 0.3) is 0 Å². The molecule has 0 radical (unpaired) electrons. The van der Waals surface area contributed by atoms with Crippen molar-refractivity contribution in [3.63, 3.8) is 0 Å². The topological polar surface area (TPSA) is 55.4 Å². The molecule has 1 rings (SSSR count). The van der Waals surface area contributed by atoms with E-state index in [0.29, 0.717) is 25.7 Å². The summed E-state index contributed by atoms with van der Waals surface area (Å²) in [6.07, 6.45) is -3.86. The second-order valence-electron chi connectivity index (χ2n) is 4.43. The fourth-order valence-corrected chi connectivity index (χ4v) is 2.10. The number of rotatable bonds is 3. The van der Waals surface area contributed by atoms with E-state index in [1.165, 1.54) is 7.11 Å². The minimum Gasteiger partial charge on any atom is -0.469 e. The number of nitrogens with one attached hydrogen (secondary N) is 1. The second-order valence-corrected chi connectivity index (χ2v) is 4.43. The standard InChI is InChI=1S/C11H16F3NO3/c1-18-10(17)7-2-4-8(5-3-7)15-9(16)6-11(12,13)14/h7-8H,2-6H2,1H3,(H,15,16). The quantitative estimate of drug-likeness (QED) is 0.793. The Bertz CT molecular complexity index is 309. The summed E-state index contributed by atoms with van der Waals surface area (Å²) in [7, 11) is 1.31. The first-order valence-corrected chi connectivity index (χ1v) is 5.76. The van der Waals surface area contributed by atoms with Crippen molar-refractivity contribution in [2.24, 2.45) is 5.92 Å². The molecule has 0 atom stereocenters. The first-order valence-electron chi connectivity index (χ1n) is 5.76. The van der Waals surface area contributed by atoms with Crippen molar-refractivity contribution in [2.45, 2.75) is 44.3 Å². The number of carbonyl (C=O) groups excluding carboxylic acids is 2. The number of alkyl halides is 3. The fraction of sp³-hybridized carbons (Fsp3) is 0.818. The molecule has 4 nitrogen and oxygen atoms in total. The van der Waals surface area contributed by atoms with Gasteiger partial charge < -0.3 is 10.1 Å². The highest BCUT2D eigenvalue weighted by atomic mass is 19.4. The number of hydrogen-bond donors (Lipinski definition) is 1. The van der Waals surface area contributed by atoms with Crippen molar-refractivity contribution in [1.29, 1.82) is 0 Å². The SMILES string of the molecule is COC(=O)C1CCC(NC(=O)CC(F)(F)F)CC1. The molecule has 0 saturated heterocycles. The third-order valence-electron chi connectivity index (χ3n) is 2.99. The van der Waals surface area contributed by atoms with E-state index in [2.05, 4.69) is 10.1 Å². The zero-order valence-corrected chi connectivity index (χ0v) is 10.0. The summed E-state index contributed by atoms with van der Waals surface area (Å²) in [5.74, 6) is -1.51. The van der Waals surface area contributed by atoms with Gasteiger partial charge in [-0.2, -0.15) is 13.2 Å². The molecule has 104 valence electrons. The molecule has 7 heteroatoms. The van der Waals surface area contributed by atoms with Gasteiger partial charge in [0.05, 0.1) is 13.0 Å². The Hall–Kier alpha value is -1.27. The van der Waals surface area contributed by atoms with E-state index < -0.39 is 18.5 Å². The highest BCUT2D eigenvalue weighted by Gasteiger charge is 2.33. The second kappa shape index (κ2) is 6.06. The molecule has 0 bridgehead atoms. The molecule has 0 spiro atoms. The van der Waals surface area contributed by atoms with Gasteiger partial charge in [0.15, 0.2) is 0 Å². The fourth-order valence-electron chi connectivity index (χ4n) is 2.10. The van der Waals surface area contributed by atoms with Gasteiger partial charge in [-0.1, -0.05) is 0 Å². The van der Waals surface area contributed by atoms with Gasteiger partial charge in [-0.3, -0.25) is 9.59 Å². The van der Waals surface area contributed by atoms with E-state index in [4.69, 9.17) is 0 Å². The summed E-state index contributed by atoms with van der Waals surface area (Å²) in [6, 6.07) is -0.277. The molecule has 1 amide bonds. The summed E-state index contributed by atoms with van der Waals surface area (Å²) in [5, 5.41) is 2.34. The molecule has 18 heavy (non-hydrogen) atoms. The molecule has 1 aliphatic carbocycles. The normalized spacial score (nSPS) is 24.4. The molecule has 1 N–H and O–H groups in total. The predicted octanol–water partition coefficient (Wildman–Crippen LogP) is 1.79. The third-order valence-corrected chi connectivity index (χ3v) is 2.99. The Morgan fingerprint density at radius 1 is 1.22 bits per heavy atom. The number of ether oxygens (including phenoxy) is 1. The van der Waals surface area contributed by atoms with E-state index in [0.717, 1.165) is 0 Å². The van der Waals surface area contributed by atoms with Crippen LogP contribution >= 0.6 is 0 Å². The van der Waals surface area contributed by atoms with Crippen LogP contribution in [0.1, 0.15) is 32.1 Å². The van der Waals surface area contributed by atoms with Gasteiger partial charge in [-0.15, -0.1) is 0 Å². The molecule has 0 aromatic rings. The van der Waals surface area contributed by atoms with Crippen LogP contribution in [-0.4, -0.2) is 31.2 Å². The summed E-state index contributed by atoms with van der Waals surface area (Å²) >= 11 is 0. The van der Waals surface area contributed by atoms with Gasteiger partial charge in [0, 0.05) is 6.04 Å². The minimum atomic E-state index is -4.48. The Labute approximate surface area is 103 Å². The van der Waals surface area contributed by atoms with Crippen LogP contribution in [0.5, 0.6) is 0 Å². The Balaban J connectivity index is 2.31. The lowest BCUT2D eigenvalue weighted by atomic mass is 9.86. The number of amides is 1. The Morgan fingerprint density at radius 2 is 1.78 bits per heavy atom. The lowest BCUT2D eigenvalue weighted by Crippen LogP contribution is -2.40. The van der Waals surface area contributed by atoms with Crippen molar-refractivity contribution >= 4 is 11.9 Å². The molecule has 1 saturated carbocycles. The van der Waals surface area contributed by atoms with Crippen LogP contribution in [0.2, 0.25) is 0 Å². The molecular formula is C11H16F3NO3. The van der Waals surface area contributed by atoms with Crippen LogP contribution in [0.15, 0.2) is 0 Å². The van der Waals surface area contributed by atoms with E-state index in [1.807, 2.05) is 0 Å². The number of halogens is 3. The zero-order chi connectivity index (χ0) is 13.8. The van der Waals surface area contributed by atoms with Gasteiger partial charge >= 0.3 is 12.1 Å². The average Bonchev–Trinajstić information content (AvgIpc) is 2.26. The van der Waals surface area contributed by atoms with E-state index in [1.54, 1.807) is 0 Å². The first-order chi connectivity index (χ1) is 8.31. The smallest absolute Gasteiger partial charge is 0.397 e. The summed E-state index contributed by atoms with van der Waals surface area (Å²) in [4.78, 5) is 22.3. The zero-order valence-electron chi connectivity index (χ0n) is 10.0. The van der Waals surface area contributed by atoms with Crippen molar-refractivity contribution in [1.82, 2.24) is 5.32 Å². The monoisotopic (exact) mass is 267 g/mol. The van der Waals surface area contributed by atoms with Crippen LogP contribution in [0.3, 0.4) is 0 Å². The molecule has 0 heterocycles. The van der Waals surface area contributed by atoms with E-state index in [-0.39, 0.29) is 17.9 Å². The largest absolute Gasteiger partial charge is 0.469 e. The summed E-state index contributed by atoms with van der Waals surface area (Å²) < 4.78 is 40.5. The molecular weight excluding hydrogens is 251 g/mol. The van der Waals surface area contributed by atoms with Gasteiger partial charge in [0.2, 0.25) is 5.91 Å². The van der Waals surface area contributed by atoms with E-state index >= 15 is 0 Å². The van der Waals surface area contributed by atoms with E-state index in [9.17, 15) is 22.8 Å². The lowest BCUT2D eigenvalue weighted by molar-refractivity contribution is -0.154. The molecule has 0 aromatic carbocycles. The number of esters is 1. The van der Waals surface area contributed by atoms with Crippen molar-refractivity contribution in [2.75, 3.05) is 7.11 Å². The van der Waals surface area contributed by atoms with Crippen molar-refractivity contribution in [3.05, 3.63) is 0 Å². The minimum absolute atomic E-state index is 0.203. The van der Waals surface area contributed by atoms with Crippen molar-refractivity contribution in [3.8, 4) is 0 Å². The van der Waals surface area contributed by atoms with Crippen molar-refractivity contribution < 1.29 is 27.5 Å². The maximum atomic E-state index is 12.0. The maximum absolute atomic E-state index is 12.0. The number of methoxy groups -OCH3 is 1. The molecule has 1 aliphatic rings. The van der Waals surface area contributed by atoms with Crippen LogP contribution in [0, 0.1) is 5.92 Å². The van der Waals surface area contributed by atoms with Gasteiger partial charge in [-0.05, 0) is 25.7 Å². The van der Waals surface area contributed by atoms with Gasteiger partial charge in [-0.25, -0.2) is 0 Å². The first kappa shape index (κ1) is 14.8. The summed E-state index contributed by atoms with van der Waals surface area (Å²) in [6.45, 7) is 0. The van der Waals surface area contributed by atoms with Crippen LogP contribution < -0.4 is 5.32 Å². The Kier molecular flexibility index (Phi) is 4.98. The molecule has 1 fully saturated rings. The lowest BCUT2D eigenvalue weighted by Gasteiger charge is -2.27. The van der Waals surface area contributed by atoms with Gasteiger partial charge in [0.25, 0.3) is 0 Å². The van der Waals surface area contributed by atoms with Crippen LogP contribution in [-0.2, 0) is 14.3 Å². The third kappa shape index (κ3) is 4.93. The highest BCUT2D eigenvalue weighted by Crippen LogP contribution is 2.26. The molecule has 0 aromatic heterocycles. The summed E-state index contributed by atoms with van der Waals surface area (Å²) in [5.41, 5.74) is 0. The Morgan fingerprint density at radius 3 is 2.22 bits per heavy atom. The molecule has 0 aliphatic heterocycles. The highest BCUT2D eigenvalue weighted by molar-refractivity contribution is 5.77. The number of hydrogen-bond acceptors (Lipinski definition) is 3.